The lowest BCUT2D eigenvalue weighted by Gasteiger charge is -2.10. The Hall–Kier alpha value is -2.47. The zero-order valence-corrected chi connectivity index (χ0v) is 14.2. The van der Waals surface area contributed by atoms with E-state index in [4.69, 9.17) is 0 Å². The van der Waals surface area contributed by atoms with Gasteiger partial charge in [-0.25, -0.2) is 4.98 Å². The second-order valence-corrected chi connectivity index (χ2v) is 5.98. The van der Waals surface area contributed by atoms with E-state index in [9.17, 15) is 0 Å². The zero-order chi connectivity index (χ0) is 16.1. The molecule has 0 amide bonds. The van der Waals surface area contributed by atoms with E-state index in [1.807, 2.05) is 55.6 Å². The van der Waals surface area contributed by atoms with Crippen molar-refractivity contribution in [2.24, 2.45) is 0 Å². The summed E-state index contributed by atoms with van der Waals surface area (Å²) in [6, 6.07) is 13.8. The van der Waals surface area contributed by atoms with E-state index in [0.717, 1.165) is 27.2 Å². The fourth-order valence-electron chi connectivity index (χ4n) is 2.11. The van der Waals surface area contributed by atoms with Crippen LogP contribution in [0.4, 0.5) is 17.5 Å². The van der Waals surface area contributed by atoms with Gasteiger partial charge in [-0.05, 0) is 36.8 Å². The van der Waals surface area contributed by atoms with Crippen LogP contribution in [0.2, 0.25) is 0 Å². The maximum absolute atomic E-state index is 4.50. The molecule has 23 heavy (non-hydrogen) atoms. The van der Waals surface area contributed by atoms with Gasteiger partial charge in [0.1, 0.15) is 5.82 Å². The first-order valence-electron chi connectivity index (χ1n) is 7.20. The normalized spacial score (nSPS) is 10.3. The molecule has 0 aliphatic carbocycles. The van der Waals surface area contributed by atoms with Crippen LogP contribution >= 0.6 is 15.9 Å². The first kappa shape index (κ1) is 15.4. The van der Waals surface area contributed by atoms with E-state index in [0.29, 0.717) is 12.5 Å². The Kier molecular flexibility index (Phi) is 4.83. The summed E-state index contributed by atoms with van der Waals surface area (Å²) in [6.07, 6.45) is 3.60. The van der Waals surface area contributed by atoms with E-state index in [1.165, 1.54) is 0 Å². The van der Waals surface area contributed by atoms with Crippen LogP contribution in [-0.4, -0.2) is 15.0 Å². The molecule has 0 fully saturated rings. The molecule has 5 nitrogen and oxygen atoms in total. The van der Waals surface area contributed by atoms with E-state index in [1.54, 1.807) is 6.20 Å². The molecule has 3 rings (SSSR count). The summed E-state index contributed by atoms with van der Waals surface area (Å²) in [5.74, 6) is 1.34. The highest BCUT2D eigenvalue weighted by Crippen LogP contribution is 2.19. The lowest BCUT2D eigenvalue weighted by molar-refractivity contribution is 1.05. The number of hydrogen-bond donors (Lipinski definition) is 2. The molecule has 0 atom stereocenters. The second-order valence-electron chi connectivity index (χ2n) is 5.07. The van der Waals surface area contributed by atoms with Gasteiger partial charge in [0.15, 0.2) is 0 Å². The van der Waals surface area contributed by atoms with E-state index >= 15 is 0 Å². The number of anilines is 3. The minimum Gasteiger partial charge on any atom is -0.366 e. The van der Waals surface area contributed by atoms with Crippen molar-refractivity contribution in [2.45, 2.75) is 13.5 Å². The molecule has 0 radical (unpaired) electrons. The summed E-state index contributed by atoms with van der Waals surface area (Å²) < 4.78 is 1.00. The van der Waals surface area contributed by atoms with Gasteiger partial charge in [-0.2, -0.15) is 4.98 Å². The van der Waals surface area contributed by atoms with Gasteiger partial charge in [0.05, 0.1) is 0 Å². The molecule has 116 valence electrons. The quantitative estimate of drug-likeness (QED) is 0.701. The van der Waals surface area contributed by atoms with Gasteiger partial charge in [-0.1, -0.05) is 28.1 Å². The lowest BCUT2D eigenvalue weighted by atomic mass is 10.3. The summed E-state index contributed by atoms with van der Waals surface area (Å²) in [6.45, 7) is 2.61. The molecule has 2 heterocycles. The molecule has 0 unspecified atom stereocenters. The summed E-state index contributed by atoms with van der Waals surface area (Å²) in [7, 11) is 0. The molecule has 0 aliphatic heterocycles. The van der Waals surface area contributed by atoms with Crippen molar-refractivity contribution in [2.75, 3.05) is 10.6 Å². The van der Waals surface area contributed by atoms with Gasteiger partial charge in [-0.15, -0.1) is 0 Å². The predicted molar refractivity (Wildman–Crippen MR) is 95.8 cm³/mol. The number of hydrogen-bond acceptors (Lipinski definition) is 5. The van der Waals surface area contributed by atoms with Gasteiger partial charge in [0.25, 0.3) is 0 Å². The summed E-state index contributed by atoms with van der Waals surface area (Å²) in [4.78, 5) is 13.0. The third-order valence-electron chi connectivity index (χ3n) is 3.13. The van der Waals surface area contributed by atoms with Crippen molar-refractivity contribution in [1.82, 2.24) is 15.0 Å². The Morgan fingerprint density at radius 1 is 1.09 bits per heavy atom. The highest BCUT2D eigenvalue weighted by atomic mass is 79.9. The average molecular weight is 370 g/mol. The third kappa shape index (κ3) is 4.50. The Labute approximate surface area is 143 Å². The van der Waals surface area contributed by atoms with Gasteiger partial charge in [0, 0.05) is 40.9 Å². The molecule has 0 saturated carbocycles. The van der Waals surface area contributed by atoms with Gasteiger partial charge >= 0.3 is 0 Å². The number of pyridine rings is 1. The highest BCUT2D eigenvalue weighted by molar-refractivity contribution is 9.10. The van der Waals surface area contributed by atoms with Crippen LogP contribution in [0, 0.1) is 6.92 Å². The van der Waals surface area contributed by atoms with E-state index in [2.05, 4.69) is 41.5 Å². The third-order valence-corrected chi connectivity index (χ3v) is 3.62. The molecular weight excluding hydrogens is 354 g/mol. The van der Waals surface area contributed by atoms with Crippen molar-refractivity contribution in [3.63, 3.8) is 0 Å². The maximum Gasteiger partial charge on any atom is 0.229 e. The van der Waals surface area contributed by atoms with Crippen LogP contribution < -0.4 is 10.6 Å². The van der Waals surface area contributed by atoms with Gasteiger partial charge in [0.2, 0.25) is 5.95 Å². The van der Waals surface area contributed by atoms with Gasteiger partial charge < -0.3 is 10.6 Å². The largest absolute Gasteiger partial charge is 0.366 e. The minimum atomic E-state index is 0.566. The molecule has 6 heteroatoms. The molecular formula is C17H16BrN5. The molecule has 3 aromatic rings. The Bertz CT molecular complexity index is 792. The fraction of sp³-hybridized carbons (Fsp3) is 0.118. The first-order chi connectivity index (χ1) is 11.2. The van der Waals surface area contributed by atoms with Crippen molar-refractivity contribution >= 4 is 33.4 Å². The fourth-order valence-corrected chi connectivity index (χ4v) is 2.50. The van der Waals surface area contributed by atoms with Crippen LogP contribution in [-0.2, 0) is 6.54 Å². The summed E-state index contributed by atoms with van der Waals surface area (Å²) in [5.41, 5.74) is 2.93. The van der Waals surface area contributed by atoms with Crippen LogP contribution in [0.1, 0.15) is 11.3 Å². The summed E-state index contributed by atoms with van der Waals surface area (Å²) >= 11 is 3.46. The summed E-state index contributed by atoms with van der Waals surface area (Å²) in [5, 5.41) is 6.52. The molecule has 0 aliphatic rings. The molecule has 2 N–H and O–H groups in total. The van der Waals surface area contributed by atoms with Crippen molar-refractivity contribution < 1.29 is 0 Å². The number of benzene rings is 1. The van der Waals surface area contributed by atoms with Crippen molar-refractivity contribution in [1.29, 1.82) is 0 Å². The molecule has 2 aromatic heterocycles. The smallest absolute Gasteiger partial charge is 0.229 e. The minimum absolute atomic E-state index is 0.566. The number of nitrogens with zero attached hydrogens (tertiary/aromatic N) is 3. The van der Waals surface area contributed by atoms with Crippen molar-refractivity contribution in [3.8, 4) is 0 Å². The van der Waals surface area contributed by atoms with Crippen LogP contribution in [0.15, 0.2) is 59.3 Å². The number of nitrogens with one attached hydrogen (secondary N) is 2. The van der Waals surface area contributed by atoms with Crippen LogP contribution in [0.3, 0.4) is 0 Å². The van der Waals surface area contributed by atoms with Crippen LogP contribution in [0.25, 0.3) is 0 Å². The lowest BCUT2D eigenvalue weighted by Crippen LogP contribution is -2.05. The Morgan fingerprint density at radius 2 is 2.00 bits per heavy atom. The number of rotatable bonds is 5. The van der Waals surface area contributed by atoms with E-state index < -0.39 is 0 Å². The SMILES string of the molecule is Cc1cc(NCc2cccnc2)nc(Nc2cccc(Br)c2)n1. The molecule has 0 saturated heterocycles. The average Bonchev–Trinajstić information content (AvgIpc) is 2.53. The zero-order valence-electron chi connectivity index (χ0n) is 12.6. The molecule has 0 bridgehead atoms. The molecule has 1 aromatic carbocycles. The highest BCUT2D eigenvalue weighted by Gasteiger charge is 2.03. The predicted octanol–water partition coefficient (Wildman–Crippen LogP) is 4.30. The van der Waals surface area contributed by atoms with E-state index in [-0.39, 0.29) is 0 Å². The first-order valence-corrected chi connectivity index (χ1v) is 7.99. The topological polar surface area (TPSA) is 62.7 Å². The van der Waals surface area contributed by atoms with Crippen LogP contribution in [0.5, 0.6) is 0 Å². The van der Waals surface area contributed by atoms with Crippen molar-refractivity contribution in [3.05, 3.63) is 70.6 Å². The standard InChI is InChI=1S/C17H16BrN5/c1-12-8-16(20-11-13-4-3-7-19-10-13)23-17(21-12)22-15-6-2-5-14(18)9-15/h2-10H,11H2,1H3,(H2,20,21,22,23). The Morgan fingerprint density at radius 3 is 2.78 bits per heavy atom. The number of aromatic nitrogens is 3. The van der Waals surface area contributed by atoms with Gasteiger partial charge in [-0.3, -0.25) is 4.98 Å². The maximum atomic E-state index is 4.50. The number of halogens is 1. The molecule has 0 spiro atoms. The second kappa shape index (κ2) is 7.19. The Balaban J connectivity index is 1.73. The monoisotopic (exact) mass is 369 g/mol. The number of aryl methyl sites for hydroxylation is 1.